The van der Waals surface area contributed by atoms with E-state index in [0.717, 1.165) is 33.0 Å². The van der Waals surface area contributed by atoms with Crippen LogP contribution in [-0.4, -0.2) is 10.8 Å². The van der Waals surface area contributed by atoms with Crippen LogP contribution in [0.25, 0.3) is 16.6 Å². The van der Waals surface area contributed by atoms with Crippen LogP contribution in [-0.2, 0) is 6.42 Å². The number of benzene rings is 1. The lowest BCUT2D eigenvalue weighted by Crippen LogP contribution is -1.94. The van der Waals surface area contributed by atoms with Crippen molar-refractivity contribution in [2.24, 2.45) is 0 Å². The van der Waals surface area contributed by atoms with Gasteiger partial charge < -0.3 is 0 Å². The topological polar surface area (TPSA) is 30.0 Å². The third-order valence-corrected chi connectivity index (χ3v) is 5.14. The van der Waals surface area contributed by atoms with Gasteiger partial charge in [-0.2, -0.15) is 11.3 Å². The summed E-state index contributed by atoms with van der Waals surface area (Å²) in [6, 6.07) is 9.88. The highest BCUT2D eigenvalue weighted by atomic mass is 32.1. The molecular weight excluding hydrogens is 298 g/mol. The molecule has 0 N–H and O–H groups in total. The summed E-state index contributed by atoms with van der Waals surface area (Å²) in [7, 11) is 0. The fourth-order valence-electron chi connectivity index (χ4n) is 2.52. The van der Waals surface area contributed by atoms with Crippen molar-refractivity contribution in [3.8, 4) is 10.6 Å². The van der Waals surface area contributed by atoms with Crippen LogP contribution in [0.15, 0.2) is 52.0 Å². The highest BCUT2D eigenvalue weighted by Crippen LogP contribution is 2.30. The van der Waals surface area contributed by atoms with E-state index in [1.54, 1.807) is 22.7 Å². The Balaban J connectivity index is 1.66. The van der Waals surface area contributed by atoms with Gasteiger partial charge in [-0.25, -0.2) is 4.98 Å². The molecule has 0 saturated carbocycles. The van der Waals surface area contributed by atoms with Gasteiger partial charge in [0.15, 0.2) is 5.78 Å². The summed E-state index contributed by atoms with van der Waals surface area (Å²) in [5, 5.41) is 7.15. The number of nitrogens with zero attached hydrogens (tertiary/aromatic N) is 1. The van der Waals surface area contributed by atoms with Gasteiger partial charge in [0, 0.05) is 33.9 Å². The summed E-state index contributed by atoms with van der Waals surface area (Å²) in [6.07, 6.45) is 2.63. The molecule has 2 aromatic heterocycles. The van der Waals surface area contributed by atoms with E-state index < -0.39 is 0 Å². The van der Waals surface area contributed by atoms with Crippen molar-refractivity contribution in [2.75, 3.05) is 0 Å². The monoisotopic (exact) mass is 309 g/mol. The van der Waals surface area contributed by atoms with Gasteiger partial charge in [0.25, 0.3) is 0 Å². The van der Waals surface area contributed by atoms with Crippen LogP contribution in [0.1, 0.15) is 21.6 Å². The molecule has 1 aliphatic carbocycles. The molecule has 3 aromatic rings. The summed E-state index contributed by atoms with van der Waals surface area (Å²) in [4.78, 5) is 17.0. The van der Waals surface area contributed by atoms with Gasteiger partial charge in [0.05, 0.1) is 5.69 Å². The molecule has 102 valence electrons. The van der Waals surface area contributed by atoms with E-state index in [-0.39, 0.29) is 5.78 Å². The Morgan fingerprint density at radius 2 is 2.05 bits per heavy atom. The van der Waals surface area contributed by atoms with Gasteiger partial charge in [-0.3, -0.25) is 4.79 Å². The molecule has 0 radical (unpaired) electrons. The van der Waals surface area contributed by atoms with Crippen LogP contribution < -0.4 is 0 Å². The summed E-state index contributed by atoms with van der Waals surface area (Å²) in [6.45, 7) is 0. The number of thiophene rings is 1. The zero-order valence-corrected chi connectivity index (χ0v) is 12.7. The fourth-order valence-corrected chi connectivity index (χ4v) is 4.01. The van der Waals surface area contributed by atoms with Crippen molar-refractivity contribution in [1.29, 1.82) is 0 Å². The van der Waals surface area contributed by atoms with Crippen LogP contribution in [0.4, 0.5) is 0 Å². The van der Waals surface area contributed by atoms with Crippen molar-refractivity contribution in [3.05, 3.63) is 68.9 Å². The Labute approximate surface area is 130 Å². The number of hydrogen-bond acceptors (Lipinski definition) is 4. The normalized spacial score (nSPS) is 15.6. The molecule has 2 heterocycles. The van der Waals surface area contributed by atoms with Crippen LogP contribution in [0, 0.1) is 0 Å². The Hall–Kier alpha value is -2.04. The minimum Gasteiger partial charge on any atom is -0.289 e. The second-order valence-corrected chi connectivity index (χ2v) is 6.56. The molecule has 0 amide bonds. The lowest BCUT2D eigenvalue weighted by atomic mass is 10.1. The minimum absolute atomic E-state index is 0.135. The Morgan fingerprint density at radius 3 is 2.86 bits per heavy atom. The molecule has 2 nitrogen and oxygen atoms in total. The van der Waals surface area contributed by atoms with Crippen LogP contribution >= 0.6 is 22.7 Å². The Bertz CT molecular complexity index is 843. The SMILES string of the molecule is O=C1/C(=C/c2csc(-c3ccsc3)n2)Cc2ccccc21. The molecule has 0 bridgehead atoms. The molecule has 21 heavy (non-hydrogen) atoms. The number of carbonyl (C=O) groups excluding carboxylic acids is 1. The first-order chi connectivity index (χ1) is 10.3. The van der Waals surface area contributed by atoms with E-state index >= 15 is 0 Å². The summed E-state index contributed by atoms with van der Waals surface area (Å²) in [5.74, 6) is 0.135. The minimum atomic E-state index is 0.135. The third kappa shape index (κ3) is 2.26. The van der Waals surface area contributed by atoms with Gasteiger partial charge in [-0.15, -0.1) is 11.3 Å². The zero-order chi connectivity index (χ0) is 14.2. The number of hydrogen-bond donors (Lipinski definition) is 0. The lowest BCUT2D eigenvalue weighted by Gasteiger charge is -1.92. The first kappa shape index (κ1) is 12.7. The quantitative estimate of drug-likeness (QED) is 0.643. The molecule has 0 fully saturated rings. The summed E-state index contributed by atoms with van der Waals surface area (Å²) < 4.78 is 0. The van der Waals surface area contributed by atoms with E-state index in [2.05, 4.69) is 16.4 Å². The van der Waals surface area contributed by atoms with Crippen molar-refractivity contribution in [2.45, 2.75) is 6.42 Å². The standard InChI is InChI=1S/C17H11NOS2/c19-16-13(7-11-3-1-2-4-15(11)16)8-14-10-21-17(18-14)12-5-6-20-9-12/h1-6,8-10H,7H2/b13-8+. The maximum absolute atomic E-state index is 12.3. The zero-order valence-electron chi connectivity index (χ0n) is 11.1. The number of ketones is 1. The predicted molar refractivity (Wildman–Crippen MR) is 87.9 cm³/mol. The average Bonchev–Trinajstić information content (AvgIpc) is 3.21. The molecule has 0 spiro atoms. The molecule has 0 unspecified atom stereocenters. The second kappa shape index (κ2) is 5.06. The molecule has 1 aromatic carbocycles. The van der Waals surface area contributed by atoms with E-state index in [9.17, 15) is 4.79 Å². The Kier molecular flexibility index (Phi) is 3.05. The van der Waals surface area contributed by atoms with Crippen molar-refractivity contribution in [3.63, 3.8) is 0 Å². The first-order valence-electron chi connectivity index (χ1n) is 6.62. The van der Waals surface area contributed by atoms with Crippen molar-refractivity contribution < 1.29 is 4.79 Å². The highest BCUT2D eigenvalue weighted by molar-refractivity contribution is 7.14. The molecule has 1 aliphatic rings. The van der Waals surface area contributed by atoms with Crippen LogP contribution in [0.5, 0.6) is 0 Å². The number of thiazole rings is 1. The number of rotatable bonds is 2. The summed E-state index contributed by atoms with van der Waals surface area (Å²) >= 11 is 3.28. The molecule has 4 heteroatoms. The van der Waals surface area contributed by atoms with Crippen LogP contribution in [0.3, 0.4) is 0 Å². The van der Waals surface area contributed by atoms with E-state index in [1.165, 1.54) is 0 Å². The molecule has 0 aliphatic heterocycles. The fraction of sp³-hybridized carbons (Fsp3) is 0.0588. The maximum Gasteiger partial charge on any atom is 0.189 e. The summed E-state index contributed by atoms with van der Waals surface area (Å²) in [5.41, 5.74) is 4.80. The van der Waals surface area contributed by atoms with Crippen molar-refractivity contribution in [1.82, 2.24) is 4.98 Å². The van der Waals surface area contributed by atoms with E-state index in [1.807, 2.05) is 41.1 Å². The molecule has 0 atom stereocenters. The van der Waals surface area contributed by atoms with E-state index in [4.69, 9.17) is 0 Å². The largest absolute Gasteiger partial charge is 0.289 e. The first-order valence-corrected chi connectivity index (χ1v) is 8.45. The Morgan fingerprint density at radius 1 is 1.14 bits per heavy atom. The molecular formula is C17H11NOS2. The number of fused-ring (bicyclic) bond motifs is 1. The number of allylic oxidation sites excluding steroid dienone is 1. The van der Waals surface area contributed by atoms with Crippen molar-refractivity contribution >= 4 is 34.5 Å². The van der Waals surface area contributed by atoms with Gasteiger partial charge in [0.2, 0.25) is 0 Å². The second-order valence-electron chi connectivity index (χ2n) is 4.92. The van der Waals surface area contributed by atoms with Crippen LogP contribution in [0.2, 0.25) is 0 Å². The molecule has 0 saturated heterocycles. The van der Waals surface area contributed by atoms with Gasteiger partial charge in [-0.05, 0) is 23.1 Å². The van der Waals surface area contributed by atoms with Gasteiger partial charge in [0.1, 0.15) is 5.01 Å². The molecule has 4 rings (SSSR count). The smallest absolute Gasteiger partial charge is 0.189 e. The number of aromatic nitrogens is 1. The van der Waals surface area contributed by atoms with Gasteiger partial charge in [-0.1, -0.05) is 24.3 Å². The average molecular weight is 309 g/mol. The maximum atomic E-state index is 12.3. The lowest BCUT2D eigenvalue weighted by molar-refractivity contribution is 0.104. The predicted octanol–water partition coefficient (Wildman–Crippen LogP) is 4.69. The number of carbonyl (C=O) groups is 1. The highest BCUT2D eigenvalue weighted by Gasteiger charge is 2.24. The number of Topliss-reactive ketones (excluding diaryl/α,β-unsaturated/α-hetero) is 1. The third-order valence-electron chi connectivity index (χ3n) is 3.55. The van der Waals surface area contributed by atoms with Gasteiger partial charge >= 0.3 is 0 Å². The van der Waals surface area contributed by atoms with E-state index in [0.29, 0.717) is 6.42 Å².